The Morgan fingerprint density at radius 2 is 1.52 bits per heavy atom. The molecule has 0 saturated carbocycles. The van der Waals surface area contributed by atoms with Gasteiger partial charge < -0.3 is 0 Å². The summed E-state index contributed by atoms with van der Waals surface area (Å²) in [6.45, 7) is 0. The van der Waals surface area contributed by atoms with Gasteiger partial charge in [-0.15, -0.1) is 0 Å². The molecule has 0 aliphatic carbocycles. The van der Waals surface area contributed by atoms with Gasteiger partial charge >= 0.3 is 0 Å². The molecule has 21 heavy (non-hydrogen) atoms. The minimum Gasteiger partial charge on any atom is -0.278 e. The normalized spacial score (nSPS) is 12.1. The minimum absolute atomic E-state index is 0.0297. The van der Waals surface area contributed by atoms with Crippen LogP contribution in [0.4, 0.5) is 5.69 Å². The number of anilines is 1. The molecule has 0 saturated heterocycles. The zero-order valence-corrected chi connectivity index (χ0v) is 12.9. The first kappa shape index (κ1) is 15.8. The zero-order valence-electron chi connectivity index (χ0n) is 10.5. The number of nitrogens with two attached hydrogens (primary N) is 1. The van der Waals surface area contributed by atoms with Crippen molar-refractivity contribution in [3.8, 4) is 0 Å². The minimum atomic E-state index is -3.96. The van der Waals surface area contributed by atoms with E-state index in [-0.39, 0.29) is 20.5 Å². The van der Waals surface area contributed by atoms with E-state index in [9.17, 15) is 16.8 Å². The molecule has 2 rings (SSSR count). The molecule has 6 nitrogen and oxygen atoms in total. The van der Waals surface area contributed by atoms with Crippen LogP contribution < -0.4 is 9.86 Å². The Bertz CT molecular complexity index is 865. The fourth-order valence-corrected chi connectivity index (χ4v) is 3.42. The lowest BCUT2D eigenvalue weighted by Crippen LogP contribution is -2.15. The number of hydrogen-bond donors (Lipinski definition) is 2. The fourth-order valence-electron chi connectivity index (χ4n) is 1.56. The monoisotopic (exact) mass is 346 g/mol. The number of hydrogen-bond acceptors (Lipinski definition) is 4. The van der Waals surface area contributed by atoms with E-state index in [0.717, 1.165) is 6.07 Å². The molecule has 0 aliphatic heterocycles. The molecule has 3 N–H and O–H groups in total. The van der Waals surface area contributed by atoms with Gasteiger partial charge in [0.2, 0.25) is 10.0 Å². The molecular formula is C12H11ClN2O4S2. The molecular weight excluding hydrogens is 336 g/mol. The second-order valence-corrected chi connectivity index (χ2v) is 7.76. The average molecular weight is 347 g/mol. The molecule has 2 aromatic carbocycles. The van der Waals surface area contributed by atoms with Crippen molar-refractivity contribution in [3.63, 3.8) is 0 Å². The maximum Gasteiger partial charge on any atom is 0.261 e. The summed E-state index contributed by atoms with van der Waals surface area (Å²) in [4.78, 5) is -0.209. The number of nitrogens with one attached hydrogen (secondary N) is 1. The van der Waals surface area contributed by atoms with Gasteiger partial charge in [0.05, 0.1) is 20.5 Å². The van der Waals surface area contributed by atoms with Gasteiger partial charge in [0, 0.05) is 0 Å². The predicted molar refractivity (Wildman–Crippen MR) is 80.1 cm³/mol. The number of rotatable bonds is 4. The second kappa shape index (κ2) is 5.64. The molecule has 9 heteroatoms. The Morgan fingerprint density at radius 1 is 0.905 bits per heavy atom. The lowest BCUT2D eigenvalue weighted by molar-refractivity contribution is 0.596. The fraction of sp³-hybridized carbons (Fsp3) is 0. The molecule has 112 valence electrons. The lowest BCUT2D eigenvalue weighted by Gasteiger charge is -2.10. The van der Waals surface area contributed by atoms with E-state index >= 15 is 0 Å². The Morgan fingerprint density at radius 3 is 2.10 bits per heavy atom. The topological polar surface area (TPSA) is 106 Å². The summed E-state index contributed by atoms with van der Waals surface area (Å²) < 4.78 is 49.1. The van der Waals surface area contributed by atoms with Crippen LogP contribution in [-0.2, 0) is 20.0 Å². The van der Waals surface area contributed by atoms with Crippen LogP contribution in [0, 0.1) is 0 Å². The van der Waals surface area contributed by atoms with E-state index in [4.69, 9.17) is 16.7 Å². The molecule has 2 aromatic rings. The Kier molecular flexibility index (Phi) is 4.24. The summed E-state index contributed by atoms with van der Waals surface area (Å²) in [6.07, 6.45) is 0. The van der Waals surface area contributed by atoms with Crippen LogP contribution in [0.15, 0.2) is 58.3 Å². The van der Waals surface area contributed by atoms with Gasteiger partial charge in [0.15, 0.2) is 0 Å². The van der Waals surface area contributed by atoms with Crippen molar-refractivity contribution >= 4 is 37.3 Å². The quantitative estimate of drug-likeness (QED) is 0.880. The molecule has 0 heterocycles. The number of benzene rings is 2. The highest BCUT2D eigenvalue weighted by Gasteiger charge is 2.17. The Hall–Kier alpha value is -1.61. The van der Waals surface area contributed by atoms with Gasteiger partial charge in [0.25, 0.3) is 10.0 Å². The van der Waals surface area contributed by atoms with Crippen molar-refractivity contribution in [2.75, 3.05) is 4.72 Å². The van der Waals surface area contributed by atoms with E-state index < -0.39 is 20.0 Å². The summed E-state index contributed by atoms with van der Waals surface area (Å²) in [6, 6.07) is 11.1. The predicted octanol–water partition coefficient (Wildman–Crippen LogP) is 1.79. The number of primary sulfonamides is 1. The highest BCUT2D eigenvalue weighted by molar-refractivity contribution is 7.92. The summed E-state index contributed by atoms with van der Waals surface area (Å²) in [5, 5.41) is 5.06. The highest BCUT2D eigenvalue weighted by atomic mass is 35.5. The summed E-state index contributed by atoms with van der Waals surface area (Å²) in [5.74, 6) is 0. The van der Waals surface area contributed by atoms with Crippen molar-refractivity contribution in [2.24, 2.45) is 5.14 Å². The standard InChI is InChI=1S/C12H11ClN2O4S2/c13-11-7-6-10(20(14,16)17)8-12(11)15-21(18,19)9-4-2-1-3-5-9/h1-8,15H,(H2,14,16,17). The first-order valence-electron chi connectivity index (χ1n) is 5.60. The van der Waals surface area contributed by atoms with Gasteiger partial charge in [-0.1, -0.05) is 29.8 Å². The van der Waals surface area contributed by atoms with Gasteiger partial charge in [-0.05, 0) is 30.3 Å². The largest absolute Gasteiger partial charge is 0.278 e. The van der Waals surface area contributed by atoms with E-state index in [0.29, 0.717) is 0 Å². The Labute approximate surface area is 127 Å². The third-order valence-electron chi connectivity index (χ3n) is 2.56. The van der Waals surface area contributed by atoms with Crippen LogP contribution in [0.1, 0.15) is 0 Å². The van der Waals surface area contributed by atoms with Crippen molar-refractivity contribution in [1.29, 1.82) is 0 Å². The SMILES string of the molecule is NS(=O)(=O)c1ccc(Cl)c(NS(=O)(=O)c2ccccc2)c1. The van der Waals surface area contributed by atoms with Gasteiger partial charge in [0.1, 0.15) is 0 Å². The number of halogens is 1. The summed E-state index contributed by atoms with van der Waals surface area (Å²) >= 11 is 5.88. The van der Waals surface area contributed by atoms with Crippen molar-refractivity contribution in [1.82, 2.24) is 0 Å². The molecule has 0 radical (unpaired) electrons. The maximum atomic E-state index is 12.2. The van der Waals surface area contributed by atoms with Gasteiger partial charge in [-0.2, -0.15) is 0 Å². The Balaban J connectivity index is 2.45. The molecule has 0 bridgehead atoms. The van der Waals surface area contributed by atoms with Crippen LogP contribution in [-0.4, -0.2) is 16.8 Å². The molecule has 0 amide bonds. The molecule has 0 aliphatic rings. The first-order chi connectivity index (χ1) is 9.70. The highest BCUT2D eigenvalue weighted by Crippen LogP contribution is 2.27. The van der Waals surface area contributed by atoms with Crippen molar-refractivity contribution < 1.29 is 16.8 Å². The van der Waals surface area contributed by atoms with E-state index in [1.165, 1.54) is 24.3 Å². The molecule has 0 spiro atoms. The van der Waals surface area contributed by atoms with E-state index in [1.807, 2.05) is 0 Å². The number of sulfonamides is 2. The van der Waals surface area contributed by atoms with Crippen LogP contribution in [0.2, 0.25) is 5.02 Å². The van der Waals surface area contributed by atoms with Crippen LogP contribution >= 0.6 is 11.6 Å². The lowest BCUT2D eigenvalue weighted by atomic mass is 10.3. The molecule has 0 aromatic heterocycles. The van der Waals surface area contributed by atoms with Crippen molar-refractivity contribution in [2.45, 2.75) is 9.79 Å². The van der Waals surface area contributed by atoms with Gasteiger partial charge in [-0.3, -0.25) is 4.72 Å². The third kappa shape index (κ3) is 3.73. The van der Waals surface area contributed by atoms with Crippen LogP contribution in [0.5, 0.6) is 0 Å². The van der Waals surface area contributed by atoms with Gasteiger partial charge in [-0.25, -0.2) is 22.0 Å². The van der Waals surface area contributed by atoms with Crippen LogP contribution in [0.25, 0.3) is 0 Å². The average Bonchev–Trinajstić information content (AvgIpc) is 2.41. The summed E-state index contributed by atoms with van der Waals surface area (Å²) in [7, 11) is -7.82. The van der Waals surface area contributed by atoms with Crippen molar-refractivity contribution in [3.05, 3.63) is 53.6 Å². The third-order valence-corrected chi connectivity index (χ3v) is 5.19. The molecule has 0 fully saturated rings. The maximum absolute atomic E-state index is 12.2. The zero-order chi connectivity index (χ0) is 15.7. The first-order valence-corrected chi connectivity index (χ1v) is 9.01. The van der Waals surface area contributed by atoms with Crippen LogP contribution in [0.3, 0.4) is 0 Å². The second-order valence-electron chi connectivity index (χ2n) is 4.11. The van der Waals surface area contributed by atoms with E-state index in [2.05, 4.69) is 4.72 Å². The molecule has 0 unspecified atom stereocenters. The smallest absolute Gasteiger partial charge is 0.261 e. The molecule has 0 atom stereocenters. The van der Waals surface area contributed by atoms with E-state index in [1.54, 1.807) is 18.2 Å². The summed E-state index contributed by atoms with van der Waals surface area (Å²) in [5.41, 5.74) is -0.0629.